The average molecular weight is 753 g/mol. The standard InChI is InChI=1S/C43H53ClN6O4/c1-26-14-15-31(36-37(44)48-39(47-36)35-22-28(3)25-50(35)41(52)54-43(7,8)9)12-10-11-13-32(20-26)29-16-18-30(19-17-29)33-23-45-38(46-33)34-21-27(2)24-49(34)40(51)53-42(4,5)6/h11-20,23,27-28,34-35H,1,10,21-22,24-25H2,2-9H3,(H,45,46)(H,47,48)/b13-11-,15-14-,31-12+,32-20?/t27-,28-,34-,35-/m0/s1. The van der Waals surface area contributed by atoms with Crippen LogP contribution in [0.25, 0.3) is 22.4 Å². The maximum absolute atomic E-state index is 13.1. The molecule has 1 aromatic carbocycles. The molecule has 4 atom stereocenters. The molecule has 2 aliphatic heterocycles. The highest BCUT2D eigenvalue weighted by Crippen LogP contribution is 2.38. The second-order valence-electron chi connectivity index (χ2n) is 16.8. The molecule has 0 radical (unpaired) electrons. The number of nitrogens with zero attached hydrogens (tertiary/aromatic N) is 4. The zero-order valence-corrected chi connectivity index (χ0v) is 33.5. The molecule has 0 unspecified atom stereocenters. The average Bonchev–Trinajstić information content (AvgIpc) is 3.88. The number of ether oxygens (including phenoxy) is 2. The Balaban J connectivity index is 1.15. The van der Waals surface area contributed by atoms with Crippen molar-refractivity contribution in [3.05, 3.63) is 107 Å². The first-order valence-corrected chi connectivity index (χ1v) is 19.2. The fourth-order valence-corrected chi connectivity index (χ4v) is 7.42. The summed E-state index contributed by atoms with van der Waals surface area (Å²) in [6.45, 7) is 21.1. The summed E-state index contributed by atoms with van der Waals surface area (Å²) in [7, 11) is 0. The van der Waals surface area contributed by atoms with E-state index in [-0.39, 0.29) is 24.3 Å². The number of likely N-dealkylation sites (tertiary alicyclic amines) is 2. The van der Waals surface area contributed by atoms with E-state index in [4.69, 9.17) is 31.0 Å². The van der Waals surface area contributed by atoms with E-state index in [1.165, 1.54) is 0 Å². The molecule has 3 aromatic rings. The number of carbonyl (C=O) groups excluding carboxylic acids is 2. The van der Waals surface area contributed by atoms with Gasteiger partial charge in [0.2, 0.25) is 0 Å². The molecule has 2 saturated heterocycles. The molecule has 0 bridgehead atoms. The van der Waals surface area contributed by atoms with E-state index in [1.54, 1.807) is 9.80 Å². The molecule has 286 valence electrons. The molecule has 6 rings (SSSR count). The maximum Gasteiger partial charge on any atom is 0.410 e. The molecule has 54 heavy (non-hydrogen) atoms. The Morgan fingerprint density at radius 2 is 1.39 bits per heavy atom. The Bertz CT molecular complexity index is 2000. The number of halogens is 1. The minimum Gasteiger partial charge on any atom is -0.444 e. The van der Waals surface area contributed by atoms with E-state index < -0.39 is 11.2 Å². The van der Waals surface area contributed by atoms with Crippen molar-refractivity contribution in [3.8, 4) is 11.3 Å². The van der Waals surface area contributed by atoms with Crippen LogP contribution in [0.2, 0.25) is 5.15 Å². The summed E-state index contributed by atoms with van der Waals surface area (Å²) in [5, 5.41) is 0.426. The lowest BCUT2D eigenvalue weighted by molar-refractivity contribution is 0.0204. The highest BCUT2D eigenvalue weighted by molar-refractivity contribution is 6.31. The molecule has 3 aliphatic rings. The lowest BCUT2D eigenvalue weighted by Crippen LogP contribution is -2.37. The third-order valence-electron chi connectivity index (χ3n) is 9.57. The fraction of sp³-hybridized carbons (Fsp3) is 0.442. The third kappa shape index (κ3) is 9.27. The minimum absolute atomic E-state index is 0.161. The van der Waals surface area contributed by atoms with Gasteiger partial charge in [0, 0.05) is 13.1 Å². The molecule has 2 amide bonds. The molecule has 2 N–H and O–H groups in total. The van der Waals surface area contributed by atoms with Crippen molar-refractivity contribution >= 4 is 34.9 Å². The van der Waals surface area contributed by atoms with Crippen LogP contribution in [0.1, 0.15) is 110 Å². The van der Waals surface area contributed by atoms with Crippen LogP contribution in [0.15, 0.2) is 79.1 Å². The molecule has 0 spiro atoms. The zero-order valence-electron chi connectivity index (χ0n) is 32.7. The lowest BCUT2D eigenvalue weighted by atomic mass is 9.99. The smallest absolute Gasteiger partial charge is 0.410 e. The van der Waals surface area contributed by atoms with Gasteiger partial charge in [-0.1, -0.05) is 86.7 Å². The van der Waals surface area contributed by atoms with Crippen molar-refractivity contribution in [2.45, 2.75) is 97.9 Å². The van der Waals surface area contributed by atoms with E-state index in [2.05, 4.69) is 79.0 Å². The maximum atomic E-state index is 13.1. The Morgan fingerprint density at radius 3 is 1.98 bits per heavy atom. The van der Waals surface area contributed by atoms with Gasteiger partial charge in [-0.25, -0.2) is 19.6 Å². The molecule has 2 fully saturated rings. The van der Waals surface area contributed by atoms with Crippen LogP contribution in [-0.2, 0) is 9.47 Å². The Morgan fingerprint density at radius 1 is 0.815 bits per heavy atom. The van der Waals surface area contributed by atoms with Crippen molar-refractivity contribution < 1.29 is 19.1 Å². The van der Waals surface area contributed by atoms with Gasteiger partial charge < -0.3 is 19.4 Å². The van der Waals surface area contributed by atoms with Gasteiger partial charge in [-0.05, 0) is 107 Å². The number of amides is 2. The number of benzene rings is 1. The Labute approximate surface area is 324 Å². The van der Waals surface area contributed by atoms with Gasteiger partial charge in [0.1, 0.15) is 33.7 Å². The van der Waals surface area contributed by atoms with Gasteiger partial charge >= 0.3 is 12.2 Å². The summed E-state index contributed by atoms with van der Waals surface area (Å²) >= 11 is 6.76. The van der Waals surface area contributed by atoms with E-state index in [0.717, 1.165) is 52.2 Å². The summed E-state index contributed by atoms with van der Waals surface area (Å²) < 4.78 is 11.4. The van der Waals surface area contributed by atoms with Crippen LogP contribution in [0.3, 0.4) is 0 Å². The summed E-state index contributed by atoms with van der Waals surface area (Å²) in [5.41, 5.74) is 5.14. The fourth-order valence-electron chi connectivity index (χ4n) is 7.17. The summed E-state index contributed by atoms with van der Waals surface area (Å²) in [4.78, 5) is 45.9. The van der Waals surface area contributed by atoms with Gasteiger partial charge in [-0.15, -0.1) is 0 Å². The van der Waals surface area contributed by atoms with Crippen LogP contribution < -0.4 is 0 Å². The summed E-state index contributed by atoms with van der Waals surface area (Å²) in [6.07, 6.45) is 15.7. The monoisotopic (exact) mass is 752 g/mol. The molecule has 2 aromatic heterocycles. The van der Waals surface area contributed by atoms with Crippen LogP contribution in [0.4, 0.5) is 9.59 Å². The Hall–Kier alpha value is -4.83. The first kappa shape index (κ1) is 38.9. The number of imidazole rings is 2. The number of rotatable bonds is 5. The number of carbonyl (C=O) groups is 2. The lowest BCUT2D eigenvalue weighted by Gasteiger charge is -2.27. The van der Waals surface area contributed by atoms with Crippen molar-refractivity contribution in [3.63, 3.8) is 0 Å². The van der Waals surface area contributed by atoms with Crippen molar-refractivity contribution in [2.75, 3.05) is 13.1 Å². The quantitative estimate of drug-likeness (QED) is 0.268. The minimum atomic E-state index is -0.590. The second kappa shape index (κ2) is 15.5. The molecule has 4 heterocycles. The number of aromatic amines is 2. The van der Waals surface area contributed by atoms with Gasteiger partial charge in [-0.2, -0.15) is 0 Å². The first-order valence-electron chi connectivity index (χ1n) is 18.8. The van der Waals surface area contributed by atoms with Crippen molar-refractivity contribution in [1.82, 2.24) is 29.7 Å². The molecule has 11 heteroatoms. The predicted octanol–water partition coefficient (Wildman–Crippen LogP) is 10.6. The van der Waals surface area contributed by atoms with Crippen molar-refractivity contribution in [1.29, 1.82) is 0 Å². The normalized spacial score (nSPS) is 24.5. The van der Waals surface area contributed by atoms with Crippen molar-refractivity contribution in [2.24, 2.45) is 11.8 Å². The number of H-pyrrole nitrogens is 2. The largest absolute Gasteiger partial charge is 0.444 e. The van der Waals surface area contributed by atoms with E-state index in [1.807, 2.05) is 59.9 Å². The molecular formula is C43H53ClN6O4. The predicted molar refractivity (Wildman–Crippen MR) is 215 cm³/mol. The van der Waals surface area contributed by atoms with Gasteiger partial charge in [0.05, 0.1) is 24.0 Å². The molecular weight excluding hydrogens is 700 g/mol. The molecule has 10 nitrogen and oxygen atoms in total. The number of allylic oxidation sites excluding steroid dienone is 9. The highest BCUT2D eigenvalue weighted by atomic mass is 35.5. The SMILES string of the molecule is C=C1C=C(c2ccc(-c3cnc([C@@H]4C[C@H](C)CN4C(=O)OC(C)(C)C)[nH]3)cc2)/C=C\C/C=C(c2nc([C@@H]3C[C@H](C)CN3C(=O)OC(C)(C)C)[nH]c2Cl)\C=C/1. The number of nitrogens with one attached hydrogen (secondary N) is 2. The van der Waals surface area contributed by atoms with Gasteiger partial charge in [0.15, 0.2) is 0 Å². The van der Waals surface area contributed by atoms with Crippen LogP contribution in [-0.4, -0.2) is 66.2 Å². The van der Waals surface area contributed by atoms with Crippen LogP contribution >= 0.6 is 11.6 Å². The zero-order chi connectivity index (χ0) is 38.9. The first-order chi connectivity index (χ1) is 25.4. The van der Waals surface area contributed by atoms with E-state index in [9.17, 15) is 9.59 Å². The summed E-state index contributed by atoms with van der Waals surface area (Å²) in [6, 6.07) is 7.92. The third-order valence-corrected chi connectivity index (χ3v) is 9.85. The second-order valence-corrected chi connectivity index (χ2v) is 17.2. The molecule has 0 saturated carbocycles. The van der Waals surface area contributed by atoms with E-state index in [0.29, 0.717) is 48.0 Å². The molecule has 1 aliphatic carbocycles. The van der Waals surface area contributed by atoms with E-state index >= 15 is 0 Å². The summed E-state index contributed by atoms with van der Waals surface area (Å²) in [5.74, 6) is 2.07. The Kier molecular flexibility index (Phi) is 11.2. The number of hydrogen-bond donors (Lipinski definition) is 2. The highest BCUT2D eigenvalue weighted by Gasteiger charge is 2.40. The van der Waals surface area contributed by atoms with Crippen LogP contribution in [0, 0.1) is 11.8 Å². The van der Waals surface area contributed by atoms with Gasteiger partial charge in [-0.3, -0.25) is 9.80 Å². The number of hydrogen-bond acceptors (Lipinski definition) is 6. The van der Waals surface area contributed by atoms with Crippen LogP contribution in [0.5, 0.6) is 0 Å². The number of aromatic nitrogens is 4. The topological polar surface area (TPSA) is 116 Å². The van der Waals surface area contributed by atoms with Gasteiger partial charge in [0.25, 0.3) is 0 Å².